The van der Waals surface area contributed by atoms with Crippen molar-refractivity contribution in [1.82, 2.24) is 15.6 Å². The van der Waals surface area contributed by atoms with Crippen molar-refractivity contribution in [2.75, 3.05) is 111 Å². The number of carboxylic acid groups (broad SMARTS) is 1. The van der Waals surface area contributed by atoms with Gasteiger partial charge in [0.2, 0.25) is 11.8 Å². The Bertz CT molecular complexity index is 1880. The van der Waals surface area contributed by atoms with Gasteiger partial charge in [-0.05, 0) is 59.2 Å². The maximum absolute atomic E-state index is 12.8. The SMILES string of the molecule is Cc1ccnc(NCCCC(=O)NCC(=O)N[C@@H](CC(=O)O)c2ccc(-c3ccc(OCCOCCOCCOCCOCCOCCOCCN)c4ccccc34)cc2)c1. The zero-order valence-electron chi connectivity index (χ0n) is 35.1. The quantitative estimate of drug-likeness (QED) is 0.0424. The minimum absolute atomic E-state index is 0.223. The van der Waals surface area contributed by atoms with Gasteiger partial charge in [-0.2, -0.15) is 0 Å². The van der Waals surface area contributed by atoms with Crippen LogP contribution in [0.3, 0.4) is 0 Å². The Balaban J connectivity index is 1.13. The number of carboxylic acids is 1. The van der Waals surface area contributed by atoms with Crippen molar-refractivity contribution in [3.8, 4) is 16.9 Å². The van der Waals surface area contributed by atoms with Crippen LogP contribution >= 0.6 is 0 Å². The average Bonchev–Trinajstić information content (AvgIpc) is 3.26. The molecular weight excluding hydrogens is 787 g/mol. The summed E-state index contributed by atoms with van der Waals surface area (Å²) in [6.07, 6.45) is 2.17. The van der Waals surface area contributed by atoms with Gasteiger partial charge in [0.25, 0.3) is 0 Å². The van der Waals surface area contributed by atoms with Crippen molar-refractivity contribution in [2.24, 2.45) is 5.73 Å². The van der Waals surface area contributed by atoms with Gasteiger partial charge in [-0.25, -0.2) is 4.98 Å². The normalized spacial score (nSPS) is 11.6. The van der Waals surface area contributed by atoms with Crippen LogP contribution in [-0.2, 0) is 42.8 Å². The van der Waals surface area contributed by atoms with Gasteiger partial charge in [-0.3, -0.25) is 14.4 Å². The molecular formula is C45H61N5O11. The third kappa shape index (κ3) is 19.4. The molecule has 0 saturated carbocycles. The van der Waals surface area contributed by atoms with E-state index in [2.05, 4.69) is 20.9 Å². The maximum Gasteiger partial charge on any atom is 0.305 e. The summed E-state index contributed by atoms with van der Waals surface area (Å²) in [5, 5.41) is 20.1. The van der Waals surface area contributed by atoms with E-state index >= 15 is 0 Å². The van der Waals surface area contributed by atoms with Crippen LogP contribution in [-0.4, -0.2) is 133 Å². The van der Waals surface area contributed by atoms with Crippen LogP contribution in [0.1, 0.15) is 36.4 Å². The third-order valence-electron chi connectivity index (χ3n) is 9.08. The predicted molar refractivity (Wildman–Crippen MR) is 232 cm³/mol. The van der Waals surface area contributed by atoms with Crippen LogP contribution in [0, 0.1) is 6.92 Å². The van der Waals surface area contributed by atoms with E-state index < -0.39 is 17.9 Å². The third-order valence-corrected chi connectivity index (χ3v) is 9.08. The number of ether oxygens (including phenoxy) is 7. The van der Waals surface area contributed by atoms with Crippen molar-refractivity contribution in [2.45, 2.75) is 32.2 Å². The Morgan fingerprint density at radius 1 is 0.705 bits per heavy atom. The lowest BCUT2D eigenvalue weighted by atomic mass is 9.95. The number of hydrogen-bond donors (Lipinski definition) is 5. The lowest BCUT2D eigenvalue weighted by Crippen LogP contribution is -2.39. The Morgan fingerprint density at radius 2 is 1.30 bits per heavy atom. The molecule has 4 rings (SSSR count). The number of fused-ring (bicyclic) bond motifs is 1. The fourth-order valence-corrected chi connectivity index (χ4v) is 6.08. The smallest absolute Gasteiger partial charge is 0.305 e. The summed E-state index contributed by atoms with van der Waals surface area (Å²) in [4.78, 5) is 41.1. The first kappa shape index (κ1) is 48.5. The topological polar surface area (TPSA) is 211 Å². The molecule has 0 spiro atoms. The largest absolute Gasteiger partial charge is 0.491 e. The molecule has 4 aromatic rings. The molecule has 0 aliphatic heterocycles. The molecule has 1 atom stereocenters. The maximum atomic E-state index is 12.8. The number of rotatable bonds is 33. The first-order valence-corrected chi connectivity index (χ1v) is 20.7. The van der Waals surface area contributed by atoms with Crippen LogP contribution in [0.4, 0.5) is 5.82 Å². The molecule has 0 bridgehead atoms. The fraction of sp³-hybridized carbons (Fsp3) is 0.467. The number of nitrogens with zero attached hydrogens (tertiary/aromatic N) is 1. The minimum atomic E-state index is -1.06. The van der Waals surface area contributed by atoms with E-state index in [0.29, 0.717) is 111 Å². The molecule has 0 radical (unpaired) electrons. The summed E-state index contributed by atoms with van der Waals surface area (Å²) < 4.78 is 39.0. The van der Waals surface area contributed by atoms with Gasteiger partial charge >= 0.3 is 5.97 Å². The summed E-state index contributed by atoms with van der Waals surface area (Å²) in [5.41, 5.74) is 8.95. The highest BCUT2D eigenvalue weighted by Crippen LogP contribution is 2.35. The number of carbonyl (C=O) groups is 3. The van der Waals surface area contributed by atoms with Crippen molar-refractivity contribution in [3.63, 3.8) is 0 Å². The molecule has 0 aliphatic carbocycles. The van der Waals surface area contributed by atoms with Gasteiger partial charge < -0.3 is 59.9 Å². The van der Waals surface area contributed by atoms with E-state index in [1.807, 2.05) is 79.7 Å². The molecule has 332 valence electrons. The highest BCUT2D eigenvalue weighted by Gasteiger charge is 2.19. The number of aliphatic carboxylic acids is 1. The van der Waals surface area contributed by atoms with E-state index in [1.54, 1.807) is 6.20 Å². The minimum Gasteiger partial charge on any atom is -0.491 e. The summed E-state index contributed by atoms with van der Waals surface area (Å²) in [7, 11) is 0. The standard InChI is InChI=1S/C45H61N5O11/c1-34-14-17-48-42(31-34)47-16-4-7-43(51)49-33-44(52)50-40(32-45(53)54)36-10-8-35(9-11-36)37-12-13-41(39-6-3-2-5-38(37)39)61-30-29-60-28-27-59-26-25-58-24-23-57-22-21-56-20-19-55-18-15-46/h2-3,5-6,8-14,17,31,40H,4,7,15-16,18-30,32-33,46H2,1H3,(H,47,48)(H,49,51)(H,50,52)(H,53,54)/t40-/m0/s1. The van der Waals surface area contributed by atoms with Crippen LogP contribution in [0.5, 0.6) is 5.75 Å². The van der Waals surface area contributed by atoms with Crippen LogP contribution in [0.2, 0.25) is 0 Å². The summed E-state index contributed by atoms with van der Waals surface area (Å²) in [6, 6.07) is 22.3. The van der Waals surface area contributed by atoms with Gasteiger partial charge in [0.05, 0.1) is 98.3 Å². The first-order valence-electron chi connectivity index (χ1n) is 20.7. The van der Waals surface area contributed by atoms with Gasteiger partial charge in [0, 0.05) is 31.1 Å². The number of amides is 2. The monoisotopic (exact) mass is 847 g/mol. The van der Waals surface area contributed by atoms with Crippen LogP contribution in [0.25, 0.3) is 21.9 Å². The molecule has 0 aliphatic rings. The molecule has 1 heterocycles. The number of anilines is 1. The summed E-state index contributed by atoms with van der Waals surface area (Å²) in [6.45, 7) is 8.87. The van der Waals surface area contributed by atoms with Crippen molar-refractivity contribution in [1.29, 1.82) is 0 Å². The Hall–Kier alpha value is -5.20. The Morgan fingerprint density at radius 3 is 1.89 bits per heavy atom. The zero-order valence-corrected chi connectivity index (χ0v) is 35.1. The van der Waals surface area contributed by atoms with Crippen LogP contribution in [0.15, 0.2) is 79.0 Å². The Kier molecular flexibility index (Phi) is 23.1. The molecule has 0 saturated heterocycles. The molecule has 6 N–H and O–H groups in total. The average molecular weight is 848 g/mol. The van der Waals surface area contributed by atoms with Gasteiger partial charge in [-0.1, -0.05) is 54.6 Å². The molecule has 0 unspecified atom stereocenters. The molecule has 3 aromatic carbocycles. The van der Waals surface area contributed by atoms with E-state index in [-0.39, 0.29) is 25.3 Å². The number of nitrogens with one attached hydrogen (secondary N) is 3. The van der Waals surface area contributed by atoms with Gasteiger partial charge in [-0.15, -0.1) is 0 Å². The predicted octanol–water partition coefficient (Wildman–Crippen LogP) is 4.29. The summed E-state index contributed by atoms with van der Waals surface area (Å²) >= 11 is 0. The van der Waals surface area contributed by atoms with E-state index in [0.717, 1.165) is 39.0 Å². The number of hydrogen-bond acceptors (Lipinski definition) is 13. The molecule has 61 heavy (non-hydrogen) atoms. The summed E-state index contributed by atoms with van der Waals surface area (Å²) in [5.74, 6) is -0.352. The highest BCUT2D eigenvalue weighted by molar-refractivity contribution is 6.00. The molecule has 2 amide bonds. The van der Waals surface area contributed by atoms with Crippen molar-refractivity contribution >= 4 is 34.4 Å². The number of aromatic nitrogens is 1. The van der Waals surface area contributed by atoms with Crippen molar-refractivity contribution < 1.29 is 52.6 Å². The van der Waals surface area contributed by atoms with E-state index in [1.165, 1.54) is 0 Å². The molecule has 16 heteroatoms. The fourth-order valence-electron chi connectivity index (χ4n) is 6.08. The lowest BCUT2D eigenvalue weighted by Gasteiger charge is -2.19. The second-order valence-corrected chi connectivity index (χ2v) is 13.8. The number of benzene rings is 3. The highest BCUT2D eigenvalue weighted by atomic mass is 16.6. The lowest BCUT2D eigenvalue weighted by molar-refractivity contribution is -0.138. The molecule has 16 nitrogen and oxygen atoms in total. The number of aryl methyl sites for hydroxylation is 1. The first-order chi connectivity index (χ1) is 29.8. The van der Waals surface area contributed by atoms with E-state index in [4.69, 9.17) is 38.9 Å². The second kappa shape index (κ2) is 29.1. The van der Waals surface area contributed by atoms with Gasteiger partial charge in [0.1, 0.15) is 18.2 Å². The number of nitrogens with two attached hydrogens (primary N) is 1. The zero-order chi connectivity index (χ0) is 43.3. The van der Waals surface area contributed by atoms with Gasteiger partial charge in [0.15, 0.2) is 0 Å². The molecule has 0 fully saturated rings. The number of pyridine rings is 1. The molecule has 1 aromatic heterocycles. The Labute approximate surface area is 357 Å². The van der Waals surface area contributed by atoms with Crippen molar-refractivity contribution in [3.05, 3.63) is 90.1 Å². The van der Waals surface area contributed by atoms with E-state index in [9.17, 15) is 19.5 Å². The second-order valence-electron chi connectivity index (χ2n) is 13.8. The number of carbonyl (C=O) groups excluding carboxylic acids is 2. The van der Waals surface area contributed by atoms with Crippen LogP contribution < -0.4 is 26.4 Å².